The van der Waals surface area contributed by atoms with Crippen LogP contribution in [0, 0.1) is 0 Å². The van der Waals surface area contributed by atoms with E-state index < -0.39 is 5.97 Å². The van der Waals surface area contributed by atoms with Gasteiger partial charge in [0.15, 0.2) is 5.69 Å². The molecule has 0 saturated heterocycles. The summed E-state index contributed by atoms with van der Waals surface area (Å²) in [5.74, 6) is -0.438. The van der Waals surface area contributed by atoms with Gasteiger partial charge in [-0.2, -0.15) is 5.10 Å². The first-order chi connectivity index (χ1) is 12.5. The molecule has 3 aromatic rings. The molecule has 5 nitrogen and oxygen atoms in total. The van der Waals surface area contributed by atoms with Crippen molar-refractivity contribution in [3.8, 4) is 22.7 Å². The minimum atomic E-state index is -1.09. The van der Waals surface area contributed by atoms with Crippen LogP contribution in [-0.2, 0) is 6.42 Å². The zero-order chi connectivity index (χ0) is 18.4. The molecule has 8 heteroatoms. The summed E-state index contributed by atoms with van der Waals surface area (Å²) < 4.78 is 8.25. The molecule has 1 N–H and O–H groups in total. The van der Waals surface area contributed by atoms with Crippen molar-refractivity contribution in [3.63, 3.8) is 0 Å². The molecule has 0 fully saturated rings. The number of benzene rings is 2. The van der Waals surface area contributed by atoms with Crippen molar-refractivity contribution >= 4 is 45.1 Å². The van der Waals surface area contributed by atoms with E-state index in [9.17, 15) is 9.90 Å². The van der Waals surface area contributed by atoms with Gasteiger partial charge in [-0.3, -0.25) is 0 Å². The smallest absolute Gasteiger partial charge is 0.356 e. The number of ether oxygens (including phenoxy) is 1. The number of aromatic carboxylic acids is 1. The second-order valence-corrected chi connectivity index (χ2v) is 7.49. The Hall–Kier alpha value is -2.02. The third-order valence-corrected chi connectivity index (χ3v) is 5.16. The molecular weight excluding hydrogens is 443 g/mol. The summed E-state index contributed by atoms with van der Waals surface area (Å²) in [6.45, 7) is 0.358. The van der Waals surface area contributed by atoms with Crippen LogP contribution < -0.4 is 4.74 Å². The molecule has 0 atom stereocenters. The van der Waals surface area contributed by atoms with E-state index in [1.165, 1.54) is 0 Å². The van der Waals surface area contributed by atoms with Crippen LogP contribution >= 0.6 is 39.1 Å². The lowest BCUT2D eigenvalue weighted by atomic mass is 10.0. The molecule has 4 rings (SSSR count). The fraction of sp³-hybridized carbons (Fsp3) is 0.111. The first-order valence-electron chi connectivity index (χ1n) is 7.69. The summed E-state index contributed by atoms with van der Waals surface area (Å²) in [5.41, 5.74) is 2.57. The van der Waals surface area contributed by atoms with Gasteiger partial charge in [0.25, 0.3) is 0 Å². The number of hydrogen-bond donors (Lipinski definition) is 1. The van der Waals surface area contributed by atoms with E-state index in [2.05, 4.69) is 21.0 Å². The molecule has 0 radical (unpaired) electrons. The molecule has 0 unspecified atom stereocenters. The standard InChI is InChI=1S/C18H11BrCl2N2O3/c19-9-1-3-11-15(7-9)26-6-5-12-16(18(24)25)22-23(17(11)12)14-4-2-10(20)8-13(14)21/h1-4,7-8H,5-6H2,(H,24,25). The highest BCUT2D eigenvalue weighted by Crippen LogP contribution is 2.40. The number of nitrogens with zero attached hydrogens (tertiary/aromatic N) is 2. The van der Waals surface area contributed by atoms with Crippen LogP contribution in [0.25, 0.3) is 16.9 Å². The fourth-order valence-electron chi connectivity index (χ4n) is 3.04. The largest absolute Gasteiger partial charge is 0.492 e. The molecule has 0 bridgehead atoms. The Kier molecular flexibility index (Phi) is 4.42. The van der Waals surface area contributed by atoms with E-state index >= 15 is 0 Å². The Morgan fingerprint density at radius 2 is 2.04 bits per heavy atom. The number of carboxylic acids is 1. The van der Waals surface area contributed by atoms with E-state index in [1.807, 2.05) is 18.2 Å². The number of halogens is 3. The summed E-state index contributed by atoms with van der Waals surface area (Å²) in [7, 11) is 0. The highest BCUT2D eigenvalue weighted by molar-refractivity contribution is 9.10. The zero-order valence-corrected chi connectivity index (χ0v) is 16.3. The number of carbonyl (C=O) groups is 1. The van der Waals surface area contributed by atoms with Gasteiger partial charge in [0.2, 0.25) is 0 Å². The quantitative estimate of drug-likeness (QED) is 0.576. The van der Waals surface area contributed by atoms with Crippen molar-refractivity contribution in [1.82, 2.24) is 9.78 Å². The second kappa shape index (κ2) is 6.61. The minimum absolute atomic E-state index is 0.00890. The van der Waals surface area contributed by atoms with Crippen LogP contribution in [0.1, 0.15) is 16.1 Å². The Balaban J connectivity index is 2.06. The van der Waals surface area contributed by atoms with E-state index in [0.29, 0.717) is 45.8 Å². The predicted octanol–water partition coefficient (Wildman–Crippen LogP) is 5.24. The summed E-state index contributed by atoms with van der Waals surface area (Å²) in [6, 6.07) is 10.6. The van der Waals surface area contributed by atoms with Crippen molar-refractivity contribution in [2.75, 3.05) is 6.61 Å². The monoisotopic (exact) mass is 452 g/mol. The van der Waals surface area contributed by atoms with Crippen LogP contribution in [0.5, 0.6) is 5.75 Å². The highest BCUT2D eigenvalue weighted by atomic mass is 79.9. The summed E-state index contributed by atoms with van der Waals surface area (Å²) >= 11 is 15.8. The molecule has 1 aliphatic heterocycles. The number of rotatable bonds is 2. The van der Waals surface area contributed by atoms with Gasteiger partial charge in [0.1, 0.15) is 5.75 Å². The normalized spacial score (nSPS) is 12.7. The number of fused-ring (bicyclic) bond motifs is 3. The highest BCUT2D eigenvalue weighted by Gasteiger charge is 2.29. The van der Waals surface area contributed by atoms with Gasteiger partial charge in [-0.25, -0.2) is 9.48 Å². The third-order valence-electron chi connectivity index (χ3n) is 4.13. The second-order valence-electron chi connectivity index (χ2n) is 5.73. The van der Waals surface area contributed by atoms with Gasteiger partial charge in [0, 0.05) is 27.0 Å². The topological polar surface area (TPSA) is 64.3 Å². The number of aromatic nitrogens is 2. The molecule has 2 heterocycles. The Morgan fingerprint density at radius 1 is 1.23 bits per heavy atom. The first-order valence-corrected chi connectivity index (χ1v) is 9.24. The molecule has 2 aromatic carbocycles. The zero-order valence-electron chi connectivity index (χ0n) is 13.2. The van der Waals surface area contributed by atoms with Gasteiger partial charge in [0.05, 0.1) is 23.0 Å². The minimum Gasteiger partial charge on any atom is -0.492 e. The van der Waals surface area contributed by atoms with Crippen molar-refractivity contribution in [2.24, 2.45) is 0 Å². The van der Waals surface area contributed by atoms with Crippen LogP contribution in [0.3, 0.4) is 0 Å². The number of carboxylic acid groups (broad SMARTS) is 1. The Labute approximate surface area is 167 Å². The average Bonchev–Trinajstić information content (AvgIpc) is 2.85. The maximum absolute atomic E-state index is 11.8. The van der Waals surface area contributed by atoms with Crippen LogP contribution in [-0.4, -0.2) is 27.5 Å². The summed E-state index contributed by atoms with van der Waals surface area (Å²) in [6.07, 6.45) is 0.425. The van der Waals surface area contributed by atoms with Crippen molar-refractivity contribution in [3.05, 3.63) is 62.2 Å². The molecular formula is C18H11BrCl2N2O3. The maximum atomic E-state index is 11.8. The molecule has 1 aliphatic rings. The average molecular weight is 454 g/mol. The Morgan fingerprint density at radius 3 is 2.77 bits per heavy atom. The van der Waals surface area contributed by atoms with Gasteiger partial charge in [-0.15, -0.1) is 0 Å². The summed E-state index contributed by atoms with van der Waals surface area (Å²) in [4.78, 5) is 11.8. The van der Waals surface area contributed by atoms with Crippen molar-refractivity contribution in [1.29, 1.82) is 0 Å². The molecule has 132 valence electrons. The predicted molar refractivity (Wildman–Crippen MR) is 103 cm³/mol. The molecule has 1 aromatic heterocycles. The Bertz CT molecular complexity index is 1050. The fourth-order valence-corrected chi connectivity index (χ4v) is 3.87. The lowest BCUT2D eigenvalue weighted by Gasteiger charge is -2.12. The lowest BCUT2D eigenvalue weighted by molar-refractivity contribution is 0.0688. The van der Waals surface area contributed by atoms with E-state index in [0.717, 1.165) is 10.0 Å². The van der Waals surface area contributed by atoms with E-state index in [-0.39, 0.29) is 5.69 Å². The molecule has 0 aliphatic carbocycles. The molecule has 0 saturated carbocycles. The molecule has 0 spiro atoms. The van der Waals surface area contributed by atoms with Crippen LogP contribution in [0.4, 0.5) is 0 Å². The van der Waals surface area contributed by atoms with Gasteiger partial charge in [-0.1, -0.05) is 39.1 Å². The first kappa shape index (κ1) is 17.4. The summed E-state index contributed by atoms with van der Waals surface area (Å²) in [5, 5.41) is 14.8. The van der Waals surface area contributed by atoms with Gasteiger partial charge in [-0.05, 0) is 36.4 Å². The SMILES string of the molecule is O=C(O)c1nn(-c2ccc(Cl)cc2Cl)c2c1CCOc1cc(Br)ccc1-2. The maximum Gasteiger partial charge on any atom is 0.356 e. The van der Waals surface area contributed by atoms with E-state index in [1.54, 1.807) is 22.9 Å². The number of hydrogen-bond acceptors (Lipinski definition) is 3. The van der Waals surface area contributed by atoms with Crippen LogP contribution in [0.15, 0.2) is 40.9 Å². The van der Waals surface area contributed by atoms with Gasteiger partial charge >= 0.3 is 5.97 Å². The van der Waals surface area contributed by atoms with Gasteiger partial charge < -0.3 is 9.84 Å². The van der Waals surface area contributed by atoms with E-state index in [4.69, 9.17) is 27.9 Å². The van der Waals surface area contributed by atoms with Crippen LogP contribution in [0.2, 0.25) is 10.0 Å². The molecule has 0 amide bonds. The van der Waals surface area contributed by atoms with Crippen molar-refractivity contribution in [2.45, 2.75) is 6.42 Å². The third kappa shape index (κ3) is 2.88. The lowest BCUT2D eigenvalue weighted by Crippen LogP contribution is -2.06. The van der Waals surface area contributed by atoms with Crippen molar-refractivity contribution < 1.29 is 14.6 Å². The molecule has 26 heavy (non-hydrogen) atoms.